The molecule has 2 N–H and O–H groups in total. The fourth-order valence-corrected chi connectivity index (χ4v) is 2.15. The smallest absolute Gasteiger partial charge is 0.173 e. The van der Waals surface area contributed by atoms with E-state index < -0.39 is 0 Å². The lowest BCUT2D eigenvalue weighted by molar-refractivity contribution is 0.687. The summed E-state index contributed by atoms with van der Waals surface area (Å²) in [4.78, 5) is 8.32. The van der Waals surface area contributed by atoms with Gasteiger partial charge in [0.25, 0.3) is 0 Å². The van der Waals surface area contributed by atoms with E-state index in [0.717, 1.165) is 34.0 Å². The Morgan fingerprint density at radius 3 is 2.95 bits per heavy atom. The Hall–Kier alpha value is -2.15. The number of allylic oxidation sites excluding steroid dienone is 1. The summed E-state index contributed by atoms with van der Waals surface area (Å²) in [6, 6.07) is 1.90. The minimum atomic E-state index is 0.524. The number of rotatable bonds is 7. The second kappa shape index (κ2) is 7.22. The van der Waals surface area contributed by atoms with E-state index in [1.54, 1.807) is 23.0 Å². The minimum absolute atomic E-state index is 0.524. The van der Waals surface area contributed by atoms with Crippen molar-refractivity contribution in [2.75, 3.05) is 17.2 Å². The van der Waals surface area contributed by atoms with Gasteiger partial charge in [-0.1, -0.05) is 20.4 Å². The average Bonchev–Trinajstić information content (AvgIpc) is 2.86. The molecule has 2 rings (SSSR count). The molecule has 22 heavy (non-hydrogen) atoms. The van der Waals surface area contributed by atoms with Crippen molar-refractivity contribution in [2.45, 2.75) is 13.8 Å². The summed E-state index contributed by atoms with van der Waals surface area (Å²) in [6.07, 6.45) is 4.97. The van der Waals surface area contributed by atoms with Gasteiger partial charge < -0.3 is 10.6 Å². The van der Waals surface area contributed by atoms with Gasteiger partial charge in [0.15, 0.2) is 5.65 Å². The summed E-state index contributed by atoms with van der Waals surface area (Å²) in [5.74, 6) is 2.06. The summed E-state index contributed by atoms with van der Waals surface area (Å²) in [6.45, 7) is 12.3. The van der Waals surface area contributed by atoms with Crippen molar-refractivity contribution < 1.29 is 0 Å². The molecule has 0 aromatic carbocycles. The molecule has 116 valence electrons. The van der Waals surface area contributed by atoms with Gasteiger partial charge in [0.05, 0.1) is 16.4 Å². The van der Waals surface area contributed by atoms with Crippen LogP contribution in [0.1, 0.15) is 13.8 Å². The Bertz CT molecular complexity index is 716. The highest BCUT2D eigenvalue weighted by Crippen LogP contribution is 2.23. The maximum atomic E-state index is 4.57. The van der Waals surface area contributed by atoms with Crippen molar-refractivity contribution in [3.05, 3.63) is 41.3 Å². The molecule has 0 amide bonds. The molecule has 7 heteroatoms. The summed E-state index contributed by atoms with van der Waals surface area (Å²) >= 11 is 3.46. The molecule has 0 aliphatic heterocycles. The Morgan fingerprint density at radius 2 is 2.32 bits per heavy atom. The van der Waals surface area contributed by atoms with Crippen LogP contribution in [0, 0.1) is 5.92 Å². The third-order valence-corrected chi connectivity index (χ3v) is 3.40. The van der Waals surface area contributed by atoms with Gasteiger partial charge >= 0.3 is 0 Å². The first kappa shape index (κ1) is 16.2. The molecular formula is C15H19BrN6. The monoisotopic (exact) mass is 362 g/mol. The number of anilines is 2. The van der Waals surface area contributed by atoms with E-state index in [0.29, 0.717) is 5.92 Å². The second-order valence-corrected chi connectivity index (χ2v) is 5.98. The van der Waals surface area contributed by atoms with Crippen molar-refractivity contribution >= 4 is 39.9 Å². The van der Waals surface area contributed by atoms with E-state index >= 15 is 0 Å². The molecule has 2 heterocycles. The molecule has 0 aliphatic carbocycles. The SMILES string of the molecule is C=C/C(=C\N=C)Nc1cc(NCC(C)C)nc2c(Br)cnn12. The summed E-state index contributed by atoms with van der Waals surface area (Å²) in [5.41, 5.74) is 1.45. The highest BCUT2D eigenvalue weighted by atomic mass is 79.9. The Labute approximate surface area is 138 Å². The Balaban J connectivity index is 2.43. The number of nitrogens with one attached hydrogen (secondary N) is 2. The first-order chi connectivity index (χ1) is 10.5. The van der Waals surface area contributed by atoms with Gasteiger partial charge in [-0.05, 0) is 34.6 Å². The lowest BCUT2D eigenvalue weighted by atomic mass is 10.2. The molecule has 0 saturated carbocycles. The van der Waals surface area contributed by atoms with Crippen LogP contribution in [0.4, 0.5) is 11.6 Å². The number of aliphatic imine (C=N–C) groups is 1. The lowest BCUT2D eigenvalue weighted by Gasteiger charge is -2.13. The van der Waals surface area contributed by atoms with Crippen molar-refractivity contribution in [3.8, 4) is 0 Å². The minimum Gasteiger partial charge on any atom is -0.370 e. The van der Waals surface area contributed by atoms with Crippen molar-refractivity contribution in [2.24, 2.45) is 10.9 Å². The van der Waals surface area contributed by atoms with Crippen LogP contribution in [0.15, 0.2) is 46.3 Å². The predicted molar refractivity (Wildman–Crippen MR) is 95.5 cm³/mol. The fraction of sp³-hybridized carbons (Fsp3) is 0.267. The van der Waals surface area contributed by atoms with Crippen LogP contribution in [0.3, 0.4) is 0 Å². The van der Waals surface area contributed by atoms with Crippen LogP contribution in [-0.2, 0) is 0 Å². The van der Waals surface area contributed by atoms with E-state index in [4.69, 9.17) is 0 Å². The van der Waals surface area contributed by atoms with E-state index in [2.05, 4.69) is 68.8 Å². The summed E-state index contributed by atoms with van der Waals surface area (Å²) in [7, 11) is 0. The molecule has 0 atom stereocenters. The molecule has 0 radical (unpaired) electrons. The zero-order chi connectivity index (χ0) is 16.1. The van der Waals surface area contributed by atoms with Crippen molar-refractivity contribution in [1.82, 2.24) is 14.6 Å². The van der Waals surface area contributed by atoms with Gasteiger partial charge in [-0.2, -0.15) is 9.61 Å². The number of halogens is 1. The first-order valence-electron chi connectivity index (χ1n) is 6.88. The highest BCUT2D eigenvalue weighted by Gasteiger charge is 2.11. The molecule has 0 unspecified atom stereocenters. The third-order valence-electron chi connectivity index (χ3n) is 2.84. The standard InChI is InChI=1S/C15H19BrN6/c1-5-11(8-17-4)20-14-6-13(18-7-10(2)3)21-15-12(16)9-19-22(14)15/h5-6,8-10,20H,1,4,7H2,2-3H3,(H,18,21)/b11-8+. The van der Waals surface area contributed by atoms with Crippen LogP contribution < -0.4 is 10.6 Å². The predicted octanol–water partition coefficient (Wildman–Crippen LogP) is 3.70. The van der Waals surface area contributed by atoms with Crippen LogP contribution in [0.25, 0.3) is 5.65 Å². The molecule has 0 bridgehead atoms. The van der Waals surface area contributed by atoms with E-state index in [9.17, 15) is 0 Å². The average molecular weight is 363 g/mol. The Morgan fingerprint density at radius 1 is 1.55 bits per heavy atom. The van der Waals surface area contributed by atoms with Gasteiger partial charge in [-0.15, -0.1) is 0 Å². The van der Waals surface area contributed by atoms with Gasteiger partial charge in [0.2, 0.25) is 0 Å². The van der Waals surface area contributed by atoms with E-state index in [1.165, 1.54) is 0 Å². The third kappa shape index (κ3) is 3.73. The summed E-state index contributed by atoms with van der Waals surface area (Å²) in [5, 5.41) is 10.9. The van der Waals surface area contributed by atoms with Crippen LogP contribution in [0.5, 0.6) is 0 Å². The first-order valence-corrected chi connectivity index (χ1v) is 7.68. The molecule has 0 aliphatic rings. The van der Waals surface area contributed by atoms with Crippen LogP contribution >= 0.6 is 15.9 Å². The number of nitrogens with zero attached hydrogens (tertiary/aromatic N) is 4. The topological polar surface area (TPSA) is 66.6 Å². The van der Waals surface area contributed by atoms with Gasteiger partial charge in [0, 0.05) is 18.8 Å². The summed E-state index contributed by atoms with van der Waals surface area (Å²) < 4.78 is 2.54. The molecule has 0 fully saturated rings. The zero-order valence-electron chi connectivity index (χ0n) is 12.7. The highest BCUT2D eigenvalue weighted by molar-refractivity contribution is 9.10. The normalized spacial score (nSPS) is 11.7. The van der Waals surface area contributed by atoms with E-state index in [-0.39, 0.29) is 0 Å². The van der Waals surface area contributed by atoms with Crippen molar-refractivity contribution in [1.29, 1.82) is 0 Å². The number of fused-ring (bicyclic) bond motifs is 1. The number of aromatic nitrogens is 3. The molecule has 0 spiro atoms. The van der Waals surface area contributed by atoms with E-state index in [1.807, 2.05) is 6.07 Å². The largest absolute Gasteiger partial charge is 0.370 e. The molecule has 0 saturated heterocycles. The van der Waals surface area contributed by atoms with Crippen molar-refractivity contribution in [3.63, 3.8) is 0 Å². The number of hydrogen-bond donors (Lipinski definition) is 2. The van der Waals surface area contributed by atoms with Gasteiger partial charge in [-0.25, -0.2) is 4.98 Å². The van der Waals surface area contributed by atoms with Crippen LogP contribution in [-0.4, -0.2) is 27.9 Å². The maximum Gasteiger partial charge on any atom is 0.173 e. The lowest BCUT2D eigenvalue weighted by Crippen LogP contribution is -2.11. The molecular weight excluding hydrogens is 344 g/mol. The second-order valence-electron chi connectivity index (χ2n) is 5.13. The molecule has 2 aromatic heterocycles. The fourth-order valence-electron chi connectivity index (χ4n) is 1.81. The number of hydrogen-bond acceptors (Lipinski definition) is 5. The van der Waals surface area contributed by atoms with Crippen LogP contribution in [0.2, 0.25) is 0 Å². The quantitative estimate of drug-likeness (QED) is 0.582. The zero-order valence-corrected chi connectivity index (χ0v) is 14.3. The maximum absolute atomic E-state index is 4.57. The van der Waals surface area contributed by atoms with Gasteiger partial charge in [-0.3, -0.25) is 4.99 Å². The molecule has 6 nitrogen and oxygen atoms in total. The molecule has 2 aromatic rings. The van der Waals surface area contributed by atoms with Gasteiger partial charge in [0.1, 0.15) is 11.6 Å². The Kier molecular flexibility index (Phi) is 5.32.